The highest BCUT2D eigenvalue weighted by Crippen LogP contribution is 2.30. The van der Waals surface area contributed by atoms with Gasteiger partial charge in [-0.2, -0.15) is 13.2 Å². The summed E-state index contributed by atoms with van der Waals surface area (Å²) in [5.74, 6) is -0.928. The Hall–Kier alpha value is -1.54. The Labute approximate surface area is 126 Å². The van der Waals surface area contributed by atoms with Gasteiger partial charge in [-0.1, -0.05) is 0 Å². The Kier molecular flexibility index (Phi) is 5.47. The second kappa shape index (κ2) is 7.15. The molecule has 1 aliphatic rings. The minimum absolute atomic E-state index is 0.0189. The molecule has 0 saturated carbocycles. The summed E-state index contributed by atoms with van der Waals surface area (Å²) in [7, 11) is 0. The predicted octanol–water partition coefficient (Wildman–Crippen LogP) is 1.98. The van der Waals surface area contributed by atoms with Crippen molar-refractivity contribution >= 4 is 6.41 Å². The molecule has 1 aromatic rings. The summed E-state index contributed by atoms with van der Waals surface area (Å²) in [5.41, 5.74) is 0. The molecule has 8 heteroatoms. The molecular weight excluding hydrogens is 301 g/mol. The van der Waals surface area contributed by atoms with E-state index < -0.39 is 11.9 Å². The molecule has 0 radical (unpaired) electrons. The van der Waals surface area contributed by atoms with Crippen LogP contribution in [0.4, 0.5) is 13.2 Å². The fourth-order valence-electron chi connectivity index (χ4n) is 2.35. The van der Waals surface area contributed by atoms with Gasteiger partial charge in [-0.15, -0.1) is 0 Å². The fourth-order valence-corrected chi connectivity index (χ4v) is 2.35. The van der Waals surface area contributed by atoms with Crippen LogP contribution in [0.2, 0.25) is 0 Å². The van der Waals surface area contributed by atoms with Gasteiger partial charge in [0.1, 0.15) is 5.76 Å². The average molecular weight is 320 g/mol. The molecule has 1 saturated heterocycles. The Morgan fingerprint density at radius 1 is 1.36 bits per heavy atom. The molecule has 0 spiro atoms. The third-order valence-electron chi connectivity index (χ3n) is 3.61. The number of nitrogens with zero attached hydrogens (tertiary/aromatic N) is 2. The van der Waals surface area contributed by atoms with Crippen molar-refractivity contribution in [2.75, 3.05) is 32.8 Å². The summed E-state index contributed by atoms with van der Waals surface area (Å²) in [4.78, 5) is 14.8. The van der Waals surface area contributed by atoms with E-state index in [1.807, 2.05) is 6.92 Å². The third-order valence-corrected chi connectivity index (χ3v) is 3.61. The summed E-state index contributed by atoms with van der Waals surface area (Å²) in [6.45, 7) is 5.41. The molecule has 1 atom stereocenters. The molecule has 1 aliphatic heterocycles. The minimum atomic E-state index is -4.51. The maximum atomic E-state index is 12.5. The molecule has 1 unspecified atom stereocenters. The summed E-state index contributed by atoms with van der Waals surface area (Å²) < 4.78 is 47.5. The van der Waals surface area contributed by atoms with Crippen molar-refractivity contribution in [1.82, 2.24) is 9.80 Å². The number of carbonyl (C=O) groups is 1. The van der Waals surface area contributed by atoms with Crippen LogP contribution in [-0.2, 0) is 22.3 Å². The van der Waals surface area contributed by atoms with Gasteiger partial charge >= 0.3 is 6.18 Å². The molecule has 2 heterocycles. The van der Waals surface area contributed by atoms with Crippen LogP contribution in [0, 0.1) is 0 Å². The highest BCUT2D eigenvalue weighted by Gasteiger charge is 2.35. The first-order valence-electron chi connectivity index (χ1n) is 7.07. The second-order valence-electron chi connectivity index (χ2n) is 5.30. The molecule has 0 N–H and O–H groups in total. The summed E-state index contributed by atoms with van der Waals surface area (Å²) in [5, 5.41) is 0. The van der Waals surface area contributed by atoms with Crippen LogP contribution in [0.1, 0.15) is 18.4 Å². The van der Waals surface area contributed by atoms with E-state index >= 15 is 0 Å². The molecule has 2 rings (SSSR count). The van der Waals surface area contributed by atoms with Crippen LogP contribution in [0.3, 0.4) is 0 Å². The standard InChI is InChI=1S/C14H19F3N2O3/c1-11(8-18-4-6-21-7-5-18)19(10-20)9-12-2-3-13(22-12)14(15,16)17/h2-3,10-11H,4-9H2,1H3. The average Bonchev–Trinajstić information content (AvgIpc) is 2.94. The number of halogens is 3. The van der Waals surface area contributed by atoms with E-state index in [4.69, 9.17) is 9.15 Å². The number of ether oxygens (including phenoxy) is 1. The third kappa shape index (κ3) is 4.48. The lowest BCUT2D eigenvalue weighted by Gasteiger charge is -2.32. The number of hydrogen-bond donors (Lipinski definition) is 0. The van der Waals surface area contributed by atoms with Crippen LogP contribution in [-0.4, -0.2) is 55.1 Å². The van der Waals surface area contributed by atoms with Gasteiger partial charge in [-0.3, -0.25) is 9.69 Å². The van der Waals surface area contributed by atoms with Crippen molar-refractivity contribution in [3.63, 3.8) is 0 Å². The predicted molar refractivity (Wildman–Crippen MR) is 72.0 cm³/mol. The quantitative estimate of drug-likeness (QED) is 0.752. The number of amides is 1. The van der Waals surface area contributed by atoms with E-state index in [0.29, 0.717) is 26.2 Å². The van der Waals surface area contributed by atoms with Gasteiger partial charge in [0, 0.05) is 25.7 Å². The van der Waals surface area contributed by atoms with E-state index in [1.54, 1.807) is 0 Å². The topological polar surface area (TPSA) is 45.9 Å². The van der Waals surface area contributed by atoms with Gasteiger partial charge in [-0.25, -0.2) is 0 Å². The first kappa shape index (κ1) is 16.8. The van der Waals surface area contributed by atoms with Crippen LogP contribution < -0.4 is 0 Å². The Balaban J connectivity index is 1.93. The van der Waals surface area contributed by atoms with E-state index in [1.165, 1.54) is 11.0 Å². The first-order chi connectivity index (χ1) is 10.4. The Morgan fingerprint density at radius 2 is 2.05 bits per heavy atom. The highest BCUT2D eigenvalue weighted by atomic mass is 19.4. The number of alkyl halides is 3. The maximum Gasteiger partial charge on any atom is 0.449 e. The van der Waals surface area contributed by atoms with Gasteiger partial charge in [0.15, 0.2) is 0 Å². The lowest BCUT2D eigenvalue weighted by Crippen LogP contribution is -2.45. The van der Waals surface area contributed by atoms with Crippen molar-refractivity contribution < 1.29 is 27.1 Å². The normalized spacial score (nSPS) is 18.2. The summed E-state index contributed by atoms with van der Waals surface area (Å²) >= 11 is 0. The monoisotopic (exact) mass is 320 g/mol. The van der Waals surface area contributed by atoms with E-state index in [-0.39, 0.29) is 18.3 Å². The molecule has 0 aromatic carbocycles. The molecule has 124 valence electrons. The highest BCUT2D eigenvalue weighted by molar-refractivity contribution is 5.47. The molecule has 0 aliphatic carbocycles. The molecule has 1 amide bonds. The second-order valence-corrected chi connectivity index (χ2v) is 5.30. The SMILES string of the molecule is CC(CN1CCOCC1)N(C=O)Cc1ccc(C(F)(F)F)o1. The largest absolute Gasteiger partial charge is 0.455 e. The Bertz CT molecular complexity index is 484. The zero-order chi connectivity index (χ0) is 16.2. The maximum absolute atomic E-state index is 12.5. The summed E-state index contributed by atoms with van der Waals surface area (Å²) in [6.07, 6.45) is -3.87. The van der Waals surface area contributed by atoms with Crippen molar-refractivity contribution in [2.24, 2.45) is 0 Å². The van der Waals surface area contributed by atoms with Gasteiger partial charge in [-0.05, 0) is 19.1 Å². The van der Waals surface area contributed by atoms with Crippen molar-refractivity contribution in [1.29, 1.82) is 0 Å². The van der Waals surface area contributed by atoms with Crippen LogP contribution in [0.5, 0.6) is 0 Å². The smallest absolute Gasteiger partial charge is 0.449 e. The lowest BCUT2D eigenvalue weighted by molar-refractivity contribution is -0.153. The van der Waals surface area contributed by atoms with E-state index in [9.17, 15) is 18.0 Å². The Morgan fingerprint density at radius 3 is 2.59 bits per heavy atom. The first-order valence-corrected chi connectivity index (χ1v) is 7.07. The zero-order valence-corrected chi connectivity index (χ0v) is 12.3. The molecule has 1 fully saturated rings. The number of hydrogen-bond acceptors (Lipinski definition) is 4. The fraction of sp³-hybridized carbons (Fsp3) is 0.643. The van der Waals surface area contributed by atoms with E-state index in [0.717, 1.165) is 19.2 Å². The van der Waals surface area contributed by atoms with Crippen LogP contribution in [0.25, 0.3) is 0 Å². The lowest BCUT2D eigenvalue weighted by atomic mass is 10.2. The zero-order valence-electron chi connectivity index (χ0n) is 12.3. The van der Waals surface area contributed by atoms with Crippen molar-refractivity contribution in [3.8, 4) is 0 Å². The molecule has 0 bridgehead atoms. The molecule has 22 heavy (non-hydrogen) atoms. The number of morpholine rings is 1. The van der Waals surface area contributed by atoms with Gasteiger partial charge in [0.2, 0.25) is 12.2 Å². The van der Waals surface area contributed by atoms with Gasteiger partial charge < -0.3 is 14.1 Å². The number of furan rings is 1. The van der Waals surface area contributed by atoms with E-state index in [2.05, 4.69) is 4.90 Å². The van der Waals surface area contributed by atoms with Gasteiger partial charge in [0.05, 0.1) is 19.8 Å². The van der Waals surface area contributed by atoms with Crippen LogP contribution in [0.15, 0.2) is 16.5 Å². The summed E-state index contributed by atoms with van der Waals surface area (Å²) in [6, 6.07) is 2.00. The molecule has 5 nitrogen and oxygen atoms in total. The number of rotatable bonds is 6. The minimum Gasteiger partial charge on any atom is -0.455 e. The van der Waals surface area contributed by atoms with Crippen LogP contribution >= 0.6 is 0 Å². The molecule has 1 aromatic heterocycles. The van der Waals surface area contributed by atoms with Gasteiger partial charge in [0.25, 0.3) is 0 Å². The molecular formula is C14H19F3N2O3. The van der Waals surface area contributed by atoms with Crippen molar-refractivity contribution in [2.45, 2.75) is 25.7 Å². The number of carbonyl (C=O) groups excluding carboxylic acids is 1. The van der Waals surface area contributed by atoms with Crippen molar-refractivity contribution in [3.05, 3.63) is 23.7 Å².